The van der Waals surface area contributed by atoms with Crippen LogP contribution >= 0.6 is 0 Å². The van der Waals surface area contributed by atoms with E-state index in [1.807, 2.05) is 47.9 Å². The molecule has 0 amide bonds. The second kappa shape index (κ2) is 6.43. The van der Waals surface area contributed by atoms with Gasteiger partial charge in [0.2, 0.25) is 0 Å². The summed E-state index contributed by atoms with van der Waals surface area (Å²) in [6, 6.07) is 22.3. The van der Waals surface area contributed by atoms with E-state index in [0.29, 0.717) is 16.9 Å². The van der Waals surface area contributed by atoms with Gasteiger partial charge in [-0.1, -0.05) is 17.7 Å². The summed E-state index contributed by atoms with van der Waals surface area (Å²) in [6.07, 6.45) is 0. The molecular weight excluding hydrogens is 338 g/mol. The van der Waals surface area contributed by atoms with Crippen LogP contribution in [0.1, 0.15) is 21.5 Å². The number of rotatable bonds is 3. The number of imidazole rings is 1. The summed E-state index contributed by atoms with van der Waals surface area (Å²) >= 11 is 0. The van der Waals surface area contributed by atoms with Crippen LogP contribution in [0.5, 0.6) is 0 Å². The maximum Gasteiger partial charge on any atom is 0.335 e. The summed E-state index contributed by atoms with van der Waals surface area (Å²) in [5, 5.41) is 18.3. The average Bonchev–Trinajstić information content (AvgIpc) is 3.07. The van der Waals surface area contributed by atoms with Gasteiger partial charge in [0.05, 0.1) is 28.2 Å². The first-order valence-electron chi connectivity index (χ1n) is 8.40. The Morgan fingerprint density at radius 1 is 1.04 bits per heavy atom. The molecule has 0 saturated carbocycles. The number of fused-ring (bicyclic) bond motifs is 1. The van der Waals surface area contributed by atoms with Crippen molar-refractivity contribution in [3.8, 4) is 23.1 Å². The molecule has 1 aromatic heterocycles. The SMILES string of the molecule is Cc1ccc(-n2c(-c3ccc(C#N)cc3)nc3cc(C(=O)O)ccc32)cc1. The van der Waals surface area contributed by atoms with E-state index in [2.05, 4.69) is 6.07 Å². The van der Waals surface area contributed by atoms with Crippen molar-refractivity contribution < 1.29 is 9.90 Å². The molecule has 0 radical (unpaired) electrons. The number of nitrogens with zero attached hydrogens (tertiary/aromatic N) is 3. The van der Waals surface area contributed by atoms with Crippen molar-refractivity contribution in [2.75, 3.05) is 0 Å². The minimum absolute atomic E-state index is 0.197. The third-order valence-corrected chi connectivity index (χ3v) is 4.47. The normalized spacial score (nSPS) is 10.7. The highest BCUT2D eigenvalue weighted by Crippen LogP contribution is 2.29. The predicted octanol–water partition coefficient (Wildman–Crippen LogP) is 4.57. The van der Waals surface area contributed by atoms with Crippen molar-refractivity contribution in [2.45, 2.75) is 6.92 Å². The molecular formula is C22H15N3O2. The Morgan fingerprint density at radius 3 is 2.37 bits per heavy atom. The molecule has 27 heavy (non-hydrogen) atoms. The molecule has 4 aromatic rings. The van der Waals surface area contributed by atoms with Crippen molar-refractivity contribution >= 4 is 17.0 Å². The Labute approximate surface area is 155 Å². The fraction of sp³-hybridized carbons (Fsp3) is 0.0455. The number of carbonyl (C=O) groups is 1. The lowest BCUT2D eigenvalue weighted by molar-refractivity contribution is 0.0697. The zero-order chi connectivity index (χ0) is 19.0. The second-order valence-corrected chi connectivity index (χ2v) is 6.30. The number of hydrogen-bond donors (Lipinski definition) is 1. The average molecular weight is 353 g/mol. The maximum absolute atomic E-state index is 11.3. The lowest BCUT2D eigenvalue weighted by Gasteiger charge is -2.10. The molecule has 0 fully saturated rings. The summed E-state index contributed by atoms with van der Waals surface area (Å²) in [5.74, 6) is -0.289. The topological polar surface area (TPSA) is 78.9 Å². The molecule has 0 aliphatic rings. The van der Waals surface area contributed by atoms with Gasteiger partial charge >= 0.3 is 5.97 Å². The molecule has 0 aliphatic carbocycles. The van der Waals surface area contributed by atoms with E-state index in [-0.39, 0.29) is 5.56 Å². The van der Waals surface area contributed by atoms with Crippen molar-refractivity contribution in [1.82, 2.24) is 9.55 Å². The number of nitriles is 1. The van der Waals surface area contributed by atoms with Crippen LogP contribution in [0.25, 0.3) is 28.1 Å². The van der Waals surface area contributed by atoms with Gasteiger partial charge in [-0.15, -0.1) is 0 Å². The van der Waals surface area contributed by atoms with Crippen molar-refractivity contribution in [1.29, 1.82) is 5.26 Å². The first-order chi connectivity index (χ1) is 13.1. The number of aryl methyl sites for hydroxylation is 1. The lowest BCUT2D eigenvalue weighted by atomic mass is 10.1. The molecule has 0 bridgehead atoms. The Morgan fingerprint density at radius 2 is 1.74 bits per heavy atom. The first kappa shape index (κ1) is 16.6. The lowest BCUT2D eigenvalue weighted by Crippen LogP contribution is -1.98. The van der Waals surface area contributed by atoms with Gasteiger partial charge in [-0.05, 0) is 61.5 Å². The van der Waals surface area contributed by atoms with Gasteiger partial charge in [-0.25, -0.2) is 9.78 Å². The van der Waals surface area contributed by atoms with Gasteiger partial charge in [-0.2, -0.15) is 5.26 Å². The molecule has 0 atom stereocenters. The first-order valence-corrected chi connectivity index (χ1v) is 8.40. The summed E-state index contributed by atoms with van der Waals surface area (Å²) in [6.45, 7) is 2.02. The van der Waals surface area contributed by atoms with Crippen LogP contribution in [0.15, 0.2) is 66.7 Å². The second-order valence-electron chi connectivity index (χ2n) is 6.30. The van der Waals surface area contributed by atoms with E-state index in [0.717, 1.165) is 22.3 Å². The fourth-order valence-corrected chi connectivity index (χ4v) is 3.06. The summed E-state index contributed by atoms with van der Waals surface area (Å²) in [7, 11) is 0. The van der Waals surface area contributed by atoms with E-state index in [9.17, 15) is 9.90 Å². The van der Waals surface area contributed by atoms with Crippen LogP contribution < -0.4 is 0 Å². The smallest absolute Gasteiger partial charge is 0.335 e. The van der Waals surface area contributed by atoms with E-state index < -0.39 is 5.97 Å². The molecule has 5 nitrogen and oxygen atoms in total. The van der Waals surface area contributed by atoms with Gasteiger partial charge in [-0.3, -0.25) is 4.57 Å². The van der Waals surface area contributed by atoms with Gasteiger partial charge in [0, 0.05) is 11.3 Å². The molecule has 0 spiro atoms. The molecule has 5 heteroatoms. The number of carboxylic acids is 1. The van der Waals surface area contributed by atoms with Crippen molar-refractivity contribution in [3.05, 3.63) is 83.4 Å². The Kier molecular flexibility index (Phi) is 3.94. The fourth-order valence-electron chi connectivity index (χ4n) is 3.06. The van der Waals surface area contributed by atoms with Crippen LogP contribution in [0.2, 0.25) is 0 Å². The molecule has 0 aliphatic heterocycles. The zero-order valence-corrected chi connectivity index (χ0v) is 14.5. The van der Waals surface area contributed by atoms with Gasteiger partial charge in [0.15, 0.2) is 0 Å². The highest BCUT2D eigenvalue weighted by molar-refractivity contribution is 5.94. The van der Waals surface area contributed by atoms with Gasteiger partial charge in [0.1, 0.15) is 5.82 Å². The van der Waals surface area contributed by atoms with E-state index in [1.165, 1.54) is 0 Å². The highest BCUT2D eigenvalue weighted by Gasteiger charge is 2.16. The van der Waals surface area contributed by atoms with E-state index in [1.54, 1.807) is 30.3 Å². The van der Waals surface area contributed by atoms with Crippen molar-refractivity contribution in [2.24, 2.45) is 0 Å². The maximum atomic E-state index is 11.3. The minimum Gasteiger partial charge on any atom is -0.478 e. The molecule has 4 rings (SSSR count). The zero-order valence-electron chi connectivity index (χ0n) is 14.5. The summed E-state index contributed by atoms with van der Waals surface area (Å²) in [5.41, 5.74) is 5.13. The third-order valence-electron chi connectivity index (χ3n) is 4.47. The Hall–Kier alpha value is -3.91. The quantitative estimate of drug-likeness (QED) is 0.585. The van der Waals surface area contributed by atoms with Crippen LogP contribution in [0, 0.1) is 18.3 Å². The number of carboxylic acid groups (broad SMARTS) is 1. The van der Waals surface area contributed by atoms with Crippen LogP contribution in [0.4, 0.5) is 0 Å². The van der Waals surface area contributed by atoms with Crippen LogP contribution in [-0.2, 0) is 0 Å². The predicted molar refractivity (Wildman–Crippen MR) is 103 cm³/mol. The largest absolute Gasteiger partial charge is 0.478 e. The molecule has 1 heterocycles. The standard InChI is InChI=1S/C22H15N3O2/c1-14-2-9-18(10-3-14)25-20-11-8-17(22(26)27)12-19(20)24-21(25)16-6-4-15(13-23)5-7-16/h2-12H,1H3,(H,26,27). The molecule has 0 saturated heterocycles. The molecule has 0 unspecified atom stereocenters. The number of benzene rings is 3. The number of aromatic nitrogens is 2. The number of aromatic carboxylic acids is 1. The molecule has 3 aromatic carbocycles. The van der Waals surface area contributed by atoms with Gasteiger partial charge < -0.3 is 5.11 Å². The Balaban J connectivity index is 2.00. The Bertz CT molecular complexity index is 1200. The molecule has 1 N–H and O–H groups in total. The number of hydrogen-bond acceptors (Lipinski definition) is 3. The van der Waals surface area contributed by atoms with E-state index >= 15 is 0 Å². The highest BCUT2D eigenvalue weighted by atomic mass is 16.4. The third kappa shape index (κ3) is 2.94. The van der Waals surface area contributed by atoms with Crippen LogP contribution in [-0.4, -0.2) is 20.6 Å². The summed E-state index contributed by atoms with van der Waals surface area (Å²) in [4.78, 5) is 16.0. The minimum atomic E-state index is -0.985. The summed E-state index contributed by atoms with van der Waals surface area (Å²) < 4.78 is 2.00. The molecule has 130 valence electrons. The monoisotopic (exact) mass is 353 g/mol. The van der Waals surface area contributed by atoms with Crippen LogP contribution in [0.3, 0.4) is 0 Å². The van der Waals surface area contributed by atoms with E-state index in [4.69, 9.17) is 10.2 Å². The van der Waals surface area contributed by atoms with Gasteiger partial charge in [0.25, 0.3) is 0 Å². The van der Waals surface area contributed by atoms with Crippen molar-refractivity contribution in [3.63, 3.8) is 0 Å².